The van der Waals surface area contributed by atoms with E-state index in [1.807, 2.05) is 44.2 Å². The molecule has 2 saturated heterocycles. The van der Waals surface area contributed by atoms with Crippen molar-refractivity contribution in [1.82, 2.24) is 20.4 Å². The fourth-order valence-electron chi connectivity index (χ4n) is 6.05. The van der Waals surface area contributed by atoms with Crippen molar-refractivity contribution in [3.63, 3.8) is 0 Å². The minimum atomic E-state index is -0.424. The van der Waals surface area contributed by atoms with Crippen LogP contribution in [0.25, 0.3) is 0 Å². The van der Waals surface area contributed by atoms with Gasteiger partial charge < -0.3 is 48.7 Å². The van der Waals surface area contributed by atoms with Crippen LogP contribution in [0.1, 0.15) is 31.7 Å². The van der Waals surface area contributed by atoms with Gasteiger partial charge in [0, 0.05) is 90.3 Å². The molecule has 0 bridgehead atoms. The fourth-order valence-corrected chi connectivity index (χ4v) is 6.05. The van der Waals surface area contributed by atoms with Crippen molar-refractivity contribution in [3.05, 3.63) is 47.5 Å². The van der Waals surface area contributed by atoms with Crippen molar-refractivity contribution in [1.29, 1.82) is 5.26 Å². The molecule has 2 unspecified atom stereocenters. The number of hydrogen-bond donors (Lipinski definition) is 2. The van der Waals surface area contributed by atoms with Crippen LogP contribution < -0.4 is 10.6 Å². The predicted molar refractivity (Wildman–Crippen MR) is 189 cm³/mol. The van der Waals surface area contributed by atoms with E-state index in [4.69, 9.17) is 28.4 Å². The summed E-state index contributed by atoms with van der Waals surface area (Å²) in [5, 5.41) is 15.4. The first kappa shape index (κ1) is 46.0. The van der Waals surface area contributed by atoms with Crippen molar-refractivity contribution >= 4 is 18.2 Å². The largest absolute Gasteiger partial charge is 0.528 e. The number of morpholine rings is 1. The van der Waals surface area contributed by atoms with Gasteiger partial charge in [-0.15, -0.1) is 0 Å². The molecule has 1 radical (unpaired) electrons. The summed E-state index contributed by atoms with van der Waals surface area (Å²) in [4.78, 5) is 41.1. The van der Waals surface area contributed by atoms with E-state index in [1.54, 1.807) is 17.4 Å². The van der Waals surface area contributed by atoms with Crippen LogP contribution in [0.2, 0.25) is 0 Å². The zero-order valence-corrected chi connectivity index (χ0v) is 32.7. The van der Waals surface area contributed by atoms with Crippen molar-refractivity contribution in [2.45, 2.75) is 26.2 Å². The number of rotatable bonds is 25. The van der Waals surface area contributed by atoms with E-state index in [0.717, 1.165) is 18.7 Å². The van der Waals surface area contributed by atoms with Crippen LogP contribution in [-0.4, -0.2) is 153 Å². The molecule has 2 aliphatic heterocycles. The van der Waals surface area contributed by atoms with Crippen LogP contribution in [0.4, 0.5) is 0 Å². The third-order valence-corrected chi connectivity index (χ3v) is 8.48. The number of amides is 3. The van der Waals surface area contributed by atoms with E-state index in [9.17, 15) is 19.6 Å². The molecule has 1 aromatic rings. The number of carbonyl (C=O) groups excluding carboxylic acids is 3. The summed E-state index contributed by atoms with van der Waals surface area (Å²) in [5.74, 6) is -0.933. The Morgan fingerprint density at radius 3 is 2.02 bits per heavy atom. The Labute approximate surface area is 339 Å². The average molecular weight is 874 g/mol. The minimum Gasteiger partial charge on any atom is -0.528 e. The Balaban J connectivity index is 0.00000936. The molecular formula is C37H56N5O9Tb-. The van der Waals surface area contributed by atoms with Crippen LogP contribution in [0.5, 0.6) is 0 Å². The number of likely N-dealkylation sites (tertiary alicyclic amines) is 1. The average Bonchev–Trinajstić information content (AvgIpc) is 3.14. The summed E-state index contributed by atoms with van der Waals surface area (Å²) in [6.07, 6.45) is 3.97. The maximum atomic E-state index is 13.8. The Kier molecular flexibility index (Phi) is 24.3. The van der Waals surface area contributed by atoms with Gasteiger partial charge in [0.05, 0.1) is 85.2 Å². The molecule has 3 rings (SSSR count). The van der Waals surface area contributed by atoms with Crippen LogP contribution in [-0.2, 0) is 42.8 Å². The van der Waals surface area contributed by atoms with Gasteiger partial charge in [-0.1, -0.05) is 50.3 Å². The zero-order valence-electron chi connectivity index (χ0n) is 30.6. The maximum Gasteiger partial charge on any atom is 0.264 e. The molecule has 15 heteroatoms. The number of nitrogens with zero attached hydrogens (tertiary/aromatic N) is 3. The number of ether oxygens (including phenoxy) is 6. The van der Waals surface area contributed by atoms with Crippen LogP contribution in [0.3, 0.4) is 0 Å². The normalized spacial score (nSPS) is 18.2. The summed E-state index contributed by atoms with van der Waals surface area (Å²) < 4.78 is 32.7. The van der Waals surface area contributed by atoms with Crippen LogP contribution in [0.15, 0.2) is 42.0 Å². The Bertz CT molecular complexity index is 1230. The van der Waals surface area contributed by atoms with Gasteiger partial charge in [0.15, 0.2) is 0 Å². The van der Waals surface area contributed by atoms with Gasteiger partial charge in [0.2, 0.25) is 5.91 Å². The third-order valence-electron chi connectivity index (χ3n) is 8.48. The first-order valence-corrected chi connectivity index (χ1v) is 17.9. The van der Waals surface area contributed by atoms with Crippen LogP contribution in [0, 0.1) is 61.3 Å². The van der Waals surface area contributed by atoms with Gasteiger partial charge in [-0.05, 0) is 17.4 Å². The molecule has 0 spiro atoms. The van der Waals surface area contributed by atoms with E-state index in [2.05, 4.69) is 21.6 Å². The molecule has 0 aromatic heterocycles. The predicted octanol–water partition coefficient (Wildman–Crippen LogP) is 1.28. The second-order valence-electron chi connectivity index (χ2n) is 13.2. The summed E-state index contributed by atoms with van der Waals surface area (Å²) in [5.41, 5.74) is 0.773. The number of piperidine rings is 1. The van der Waals surface area contributed by atoms with Crippen molar-refractivity contribution < 1.29 is 81.4 Å². The van der Waals surface area contributed by atoms with Crippen molar-refractivity contribution in [2.75, 3.05) is 125 Å². The van der Waals surface area contributed by atoms with E-state index < -0.39 is 11.3 Å². The van der Waals surface area contributed by atoms with Gasteiger partial charge >= 0.3 is 0 Å². The molecule has 3 amide bonds. The van der Waals surface area contributed by atoms with Gasteiger partial charge in [-0.25, -0.2) is 0 Å². The Morgan fingerprint density at radius 1 is 0.904 bits per heavy atom. The smallest absolute Gasteiger partial charge is 0.264 e. The van der Waals surface area contributed by atoms with E-state index in [1.165, 1.54) is 0 Å². The number of nitrogens with one attached hydrogen (secondary N) is 2. The monoisotopic (exact) mass is 873 g/mol. The molecule has 0 saturated carbocycles. The van der Waals surface area contributed by atoms with Gasteiger partial charge in [0.1, 0.15) is 11.6 Å². The quantitative estimate of drug-likeness (QED) is 0.0480. The molecule has 2 N–H and O–H groups in total. The number of benzene rings is 1. The summed E-state index contributed by atoms with van der Waals surface area (Å²) in [6.45, 7) is 13.4. The molecule has 14 nitrogen and oxygen atoms in total. The van der Waals surface area contributed by atoms with E-state index in [-0.39, 0.29) is 68.5 Å². The first-order chi connectivity index (χ1) is 24.8. The SMILES string of the molecule is CC(C)(/C=C(\C#N)C(=O)N1CC(C(=O)NCCOCCOCCOCCOCCOCCN[C-]=O)CC(c2ccccc2)C1)CN1CCOCC1.[Tb]. The van der Waals surface area contributed by atoms with E-state index >= 15 is 0 Å². The van der Waals surface area contributed by atoms with E-state index in [0.29, 0.717) is 112 Å². The standard InChI is InChI=1S/C37H56N5O9.Tb/c1-37(2,29-41-10-14-48-15-11-41)25-34(26-38)36(45)42-27-32(31-6-4-3-5-7-31)24-33(28-42)35(44)40-9-13-47-17-19-50-21-23-51-22-20-49-18-16-46-12-8-39-30-43;/h3-7,25,32-33H,8-24,27-29H2,1-2H3,(H,39,43)(H,40,44);/q-1;/b34-25+;. The second kappa shape index (κ2) is 27.4. The molecule has 1 aromatic carbocycles. The molecule has 2 heterocycles. The molecule has 0 aliphatic carbocycles. The van der Waals surface area contributed by atoms with Crippen molar-refractivity contribution in [2.24, 2.45) is 11.3 Å². The number of hydrogen-bond acceptors (Lipinski definition) is 11. The molecule has 52 heavy (non-hydrogen) atoms. The summed E-state index contributed by atoms with van der Waals surface area (Å²) in [7, 11) is 0. The van der Waals surface area contributed by atoms with Crippen LogP contribution >= 0.6 is 0 Å². The molecular weight excluding hydrogens is 817 g/mol. The number of carbonyl (C=O) groups is 2. The van der Waals surface area contributed by atoms with Crippen molar-refractivity contribution in [3.8, 4) is 6.07 Å². The molecule has 2 atom stereocenters. The zero-order chi connectivity index (χ0) is 36.6. The maximum absolute atomic E-state index is 13.8. The van der Waals surface area contributed by atoms with Gasteiger partial charge in [0.25, 0.3) is 5.91 Å². The molecule has 293 valence electrons. The molecule has 2 aliphatic rings. The molecule has 2 fully saturated rings. The summed E-state index contributed by atoms with van der Waals surface area (Å²) in [6, 6.07) is 12.1. The minimum absolute atomic E-state index is 0. The fraction of sp³-hybridized carbons (Fsp3) is 0.676. The Hall–Kier alpha value is -2.13. The second-order valence-corrected chi connectivity index (χ2v) is 13.2. The summed E-state index contributed by atoms with van der Waals surface area (Å²) >= 11 is 0. The topological polar surface area (TPSA) is 161 Å². The van der Waals surface area contributed by atoms with Gasteiger partial charge in [-0.3, -0.25) is 14.5 Å². The Morgan fingerprint density at radius 2 is 1.46 bits per heavy atom. The first-order valence-electron chi connectivity index (χ1n) is 17.9. The number of nitriles is 1. The van der Waals surface area contributed by atoms with Gasteiger partial charge in [-0.2, -0.15) is 11.7 Å². The third kappa shape index (κ3) is 18.8.